The second kappa shape index (κ2) is 6.05. The van der Waals surface area contributed by atoms with Crippen LogP contribution >= 0.6 is 0 Å². The van der Waals surface area contributed by atoms with E-state index in [-0.39, 0.29) is 0 Å². The van der Waals surface area contributed by atoms with Crippen molar-refractivity contribution in [2.45, 2.75) is 0 Å². The molecule has 1 aromatic carbocycles. The molecule has 0 atom stereocenters. The third-order valence-corrected chi connectivity index (χ3v) is 2.52. The molecule has 0 aliphatic heterocycles. The molecule has 0 amide bonds. The molecule has 0 saturated heterocycles. The monoisotopic (exact) mass is 263 g/mol. The third-order valence-electron chi connectivity index (χ3n) is 2.52. The molecule has 1 aromatic heterocycles. The molecule has 0 unspecified atom stereocenters. The van der Waals surface area contributed by atoms with E-state index in [0.29, 0.717) is 25.0 Å². The SMILES string of the molecule is COCCNc1nc(N)n(-c2cccc(OC)c2)n1. The number of rotatable bonds is 6. The Morgan fingerprint density at radius 1 is 1.37 bits per heavy atom. The number of nitrogens with one attached hydrogen (secondary N) is 1. The second-order valence-corrected chi connectivity index (χ2v) is 3.83. The van der Waals surface area contributed by atoms with Gasteiger partial charge in [0.1, 0.15) is 5.75 Å². The number of anilines is 2. The van der Waals surface area contributed by atoms with Crippen LogP contribution in [-0.2, 0) is 4.74 Å². The van der Waals surface area contributed by atoms with E-state index in [9.17, 15) is 0 Å². The van der Waals surface area contributed by atoms with Gasteiger partial charge in [-0.2, -0.15) is 9.67 Å². The Labute approximate surface area is 111 Å². The molecule has 2 aromatic rings. The lowest BCUT2D eigenvalue weighted by atomic mass is 10.3. The summed E-state index contributed by atoms with van der Waals surface area (Å²) >= 11 is 0. The van der Waals surface area contributed by atoms with Crippen molar-refractivity contribution in [2.24, 2.45) is 0 Å². The highest BCUT2D eigenvalue weighted by molar-refractivity contribution is 5.45. The van der Waals surface area contributed by atoms with Gasteiger partial charge in [0, 0.05) is 19.7 Å². The average molecular weight is 263 g/mol. The van der Waals surface area contributed by atoms with Crippen molar-refractivity contribution in [1.82, 2.24) is 14.8 Å². The molecular weight excluding hydrogens is 246 g/mol. The van der Waals surface area contributed by atoms with Crippen LogP contribution in [0.1, 0.15) is 0 Å². The molecule has 7 heteroatoms. The molecule has 2 rings (SSSR count). The predicted molar refractivity (Wildman–Crippen MR) is 72.7 cm³/mol. The molecule has 3 N–H and O–H groups in total. The van der Waals surface area contributed by atoms with Crippen LogP contribution in [-0.4, -0.2) is 42.1 Å². The molecule has 102 valence electrons. The first-order valence-electron chi connectivity index (χ1n) is 5.84. The third kappa shape index (κ3) is 3.14. The van der Waals surface area contributed by atoms with Crippen molar-refractivity contribution in [3.63, 3.8) is 0 Å². The lowest BCUT2D eigenvalue weighted by molar-refractivity contribution is 0.210. The Morgan fingerprint density at radius 2 is 2.21 bits per heavy atom. The lowest BCUT2D eigenvalue weighted by Crippen LogP contribution is -2.09. The molecule has 7 nitrogen and oxygen atoms in total. The minimum absolute atomic E-state index is 0.313. The quantitative estimate of drug-likeness (QED) is 0.753. The van der Waals surface area contributed by atoms with Gasteiger partial charge in [0.15, 0.2) is 0 Å². The average Bonchev–Trinajstić information content (AvgIpc) is 2.80. The van der Waals surface area contributed by atoms with Gasteiger partial charge in [-0.15, -0.1) is 5.10 Å². The molecule has 0 aliphatic rings. The molecular formula is C12H17N5O2. The minimum atomic E-state index is 0.313. The summed E-state index contributed by atoms with van der Waals surface area (Å²) in [5, 5.41) is 7.31. The molecule has 0 fully saturated rings. The van der Waals surface area contributed by atoms with Crippen LogP contribution in [0.5, 0.6) is 5.75 Å². The predicted octanol–water partition coefficient (Wildman–Crippen LogP) is 0.916. The van der Waals surface area contributed by atoms with Crippen LogP contribution in [0.3, 0.4) is 0 Å². The summed E-state index contributed by atoms with van der Waals surface area (Å²) in [5.41, 5.74) is 6.64. The van der Waals surface area contributed by atoms with Crippen LogP contribution in [0.25, 0.3) is 5.69 Å². The highest BCUT2D eigenvalue weighted by Crippen LogP contribution is 2.18. The van der Waals surface area contributed by atoms with Gasteiger partial charge in [0.25, 0.3) is 0 Å². The van der Waals surface area contributed by atoms with Gasteiger partial charge in [-0.05, 0) is 12.1 Å². The zero-order valence-corrected chi connectivity index (χ0v) is 11.0. The number of benzene rings is 1. The van der Waals surface area contributed by atoms with Crippen LogP contribution in [0.2, 0.25) is 0 Å². The zero-order chi connectivity index (χ0) is 13.7. The summed E-state index contributed by atoms with van der Waals surface area (Å²) in [7, 11) is 3.25. The van der Waals surface area contributed by atoms with Crippen molar-refractivity contribution in [3.8, 4) is 11.4 Å². The van der Waals surface area contributed by atoms with Crippen molar-refractivity contribution in [2.75, 3.05) is 38.4 Å². The van der Waals surface area contributed by atoms with E-state index >= 15 is 0 Å². The maximum absolute atomic E-state index is 5.85. The van der Waals surface area contributed by atoms with Crippen molar-refractivity contribution < 1.29 is 9.47 Å². The summed E-state index contributed by atoms with van der Waals surface area (Å²) in [4.78, 5) is 4.14. The molecule has 0 spiro atoms. The summed E-state index contributed by atoms with van der Waals surface area (Å²) in [6.45, 7) is 1.20. The number of nitrogen functional groups attached to an aromatic ring is 1. The summed E-state index contributed by atoms with van der Waals surface area (Å²) in [5.74, 6) is 1.52. The molecule has 0 bridgehead atoms. The number of hydrogen-bond donors (Lipinski definition) is 2. The highest BCUT2D eigenvalue weighted by Gasteiger charge is 2.08. The van der Waals surface area contributed by atoms with E-state index in [2.05, 4.69) is 15.4 Å². The standard InChI is InChI=1S/C12H17N5O2/c1-18-7-6-14-12-15-11(13)17(16-12)9-4-3-5-10(8-9)19-2/h3-5,8H,6-7H2,1-2H3,(H3,13,14,15,16). The van der Waals surface area contributed by atoms with Crippen molar-refractivity contribution >= 4 is 11.9 Å². The van der Waals surface area contributed by atoms with Gasteiger partial charge in [-0.1, -0.05) is 6.07 Å². The van der Waals surface area contributed by atoms with E-state index in [0.717, 1.165) is 11.4 Å². The summed E-state index contributed by atoms with van der Waals surface area (Å²) < 4.78 is 11.7. The van der Waals surface area contributed by atoms with Crippen LogP contribution in [0.15, 0.2) is 24.3 Å². The smallest absolute Gasteiger partial charge is 0.244 e. The summed E-state index contributed by atoms with van der Waals surface area (Å²) in [6, 6.07) is 7.44. The normalized spacial score (nSPS) is 10.4. The van der Waals surface area contributed by atoms with Crippen molar-refractivity contribution in [3.05, 3.63) is 24.3 Å². The fourth-order valence-electron chi connectivity index (χ4n) is 1.60. The van der Waals surface area contributed by atoms with E-state index in [1.807, 2.05) is 24.3 Å². The number of nitrogens with zero attached hydrogens (tertiary/aromatic N) is 3. The van der Waals surface area contributed by atoms with Crippen LogP contribution < -0.4 is 15.8 Å². The lowest BCUT2D eigenvalue weighted by Gasteiger charge is -2.04. The minimum Gasteiger partial charge on any atom is -0.497 e. The number of aromatic nitrogens is 3. The Balaban J connectivity index is 2.19. The van der Waals surface area contributed by atoms with Gasteiger partial charge in [0.05, 0.1) is 19.4 Å². The van der Waals surface area contributed by atoms with Gasteiger partial charge < -0.3 is 20.5 Å². The Kier molecular flexibility index (Phi) is 4.19. The first kappa shape index (κ1) is 13.2. The van der Waals surface area contributed by atoms with E-state index in [1.54, 1.807) is 18.9 Å². The molecule has 0 aliphatic carbocycles. The number of hydrogen-bond acceptors (Lipinski definition) is 6. The Morgan fingerprint density at radius 3 is 2.95 bits per heavy atom. The first-order valence-corrected chi connectivity index (χ1v) is 5.84. The Bertz CT molecular complexity index is 541. The maximum atomic E-state index is 5.85. The topological polar surface area (TPSA) is 87.2 Å². The van der Waals surface area contributed by atoms with E-state index < -0.39 is 0 Å². The molecule has 0 radical (unpaired) electrons. The van der Waals surface area contributed by atoms with E-state index in [4.69, 9.17) is 15.2 Å². The largest absolute Gasteiger partial charge is 0.497 e. The first-order chi connectivity index (χ1) is 9.24. The van der Waals surface area contributed by atoms with E-state index in [1.165, 1.54) is 0 Å². The fraction of sp³-hybridized carbons (Fsp3) is 0.333. The van der Waals surface area contributed by atoms with Gasteiger partial charge in [-0.25, -0.2) is 0 Å². The maximum Gasteiger partial charge on any atom is 0.244 e. The van der Waals surface area contributed by atoms with Crippen molar-refractivity contribution in [1.29, 1.82) is 0 Å². The zero-order valence-electron chi connectivity index (χ0n) is 11.0. The second-order valence-electron chi connectivity index (χ2n) is 3.83. The fourth-order valence-corrected chi connectivity index (χ4v) is 1.60. The Hall–Kier alpha value is -2.28. The number of ether oxygens (including phenoxy) is 2. The number of nitrogens with two attached hydrogens (primary N) is 1. The summed E-state index contributed by atoms with van der Waals surface area (Å²) in [6.07, 6.45) is 0. The molecule has 1 heterocycles. The molecule has 0 saturated carbocycles. The highest BCUT2D eigenvalue weighted by atomic mass is 16.5. The molecule has 19 heavy (non-hydrogen) atoms. The van der Waals surface area contributed by atoms with Gasteiger partial charge in [-0.3, -0.25) is 0 Å². The van der Waals surface area contributed by atoms with Gasteiger partial charge in [0.2, 0.25) is 11.9 Å². The van der Waals surface area contributed by atoms with Gasteiger partial charge >= 0.3 is 0 Å². The van der Waals surface area contributed by atoms with Crippen LogP contribution in [0, 0.1) is 0 Å². The number of methoxy groups -OCH3 is 2. The van der Waals surface area contributed by atoms with Crippen LogP contribution in [0.4, 0.5) is 11.9 Å².